The van der Waals surface area contributed by atoms with E-state index in [0.717, 1.165) is 30.4 Å². The van der Waals surface area contributed by atoms with Crippen molar-refractivity contribution in [1.29, 1.82) is 0 Å². The van der Waals surface area contributed by atoms with Crippen LogP contribution in [-0.2, 0) is 22.8 Å². The number of fused-ring (bicyclic) bond motifs is 2. The van der Waals surface area contributed by atoms with E-state index in [-0.39, 0.29) is 5.71 Å². The molecular formula is C31H23N3O5S2. The lowest BCUT2D eigenvalue weighted by atomic mass is 10.1. The average molecular weight is 582 g/mol. The van der Waals surface area contributed by atoms with E-state index in [1.165, 1.54) is 7.11 Å². The quantitative estimate of drug-likeness (QED) is 0.0743. The molecule has 0 atom stereocenters. The Labute approximate surface area is 243 Å². The van der Waals surface area contributed by atoms with Crippen molar-refractivity contribution in [2.75, 3.05) is 7.11 Å². The number of carbonyl (C=O) groups is 1. The minimum Gasteiger partial charge on any atom is -0.486 e. The zero-order valence-corrected chi connectivity index (χ0v) is 23.5. The van der Waals surface area contributed by atoms with Gasteiger partial charge in [0.25, 0.3) is 0 Å². The number of thiazole rings is 2. The summed E-state index contributed by atoms with van der Waals surface area (Å²) in [6, 6.07) is 29.7. The molecule has 0 radical (unpaired) electrons. The van der Waals surface area contributed by atoms with E-state index in [0.29, 0.717) is 36.0 Å². The van der Waals surface area contributed by atoms with Crippen molar-refractivity contribution in [3.63, 3.8) is 0 Å². The maximum Gasteiger partial charge on any atom is 0.366 e. The van der Waals surface area contributed by atoms with Crippen LogP contribution in [0.2, 0.25) is 0 Å². The van der Waals surface area contributed by atoms with Crippen LogP contribution in [0.25, 0.3) is 20.4 Å². The maximum absolute atomic E-state index is 13.0. The lowest BCUT2D eigenvalue weighted by Gasteiger charge is -2.09. The van der Waals surface area contributed by atoms with E-state index in [4.69, 9.17) is 19.0 Å². The highest BCUT2D eigenvalue weighted by molar-refractivity contribution is 7.18. The predicted octanol–water partition coefficient (Wildman–Crippen LogP) is 7.02. The molecule has 0 aliphatic carbocycles. The van der Waals surface area contributed by atoms with Gasteiger partial charge >= 0.3 is 5.97 Å². The first-order valence-electron chi connectivity index (χ1n) is 12.6. The fourth-order valence-electron chi connectivity index (χ4n) is 4.02. The van der Waals surface area contributed by atoms with Gasteiger partial charge in [0.1, 0.15) is 47.6 Å². The van der Waals surface area contributed by atoms with Crippen LogP contribution in [0.4, 0.5) is 0 Å². The van der Waals surface area contributed by atoms with E-state index in [1.807, 2.05) is 48.5 Å². The molecule has 6 rings (SSSR count). The molecule has 0 fully saturated rings. The fourth-order valence-corrected chi connectivity index (χ4v) is 5.78. The Bertz CT molecular complexity index is 1760. The van der Waals surface area contributed by atoms with E-state index in [2.05, 4.69) is 15.1 Å². The first-order valence-corrected chi connectivity index (χ1v) is 14.3. The Morgan fingerprint density at radius 2 is 1.17 bits per heavy atom. The first-order chi connectivity index (χ1) is 20.1. The second kappa shape index (κ2) is 12.2. The molecule has 0 bridgehead atoms. The number of hydrogen-bond donors (Lipinski definition) is 0. The molecule has 6 aromatic rings. The van der Waals surface area contributed by atoms with Crippen LogP contribution in [0.5, 0.6) is 17.2 Å². The van der Waals surface area contributed by atoms with Gasteiger partial charge in [0.05, 0.1) is 20.4 Å². The molecule has 2 heterocycles. The summed E-state index contributed by atoms with van der Waals surface area (Å²) in [4.78, 5) is 27.0. The molecule has 0 saturated heterocycles. The van der Waals surface area contributed by atoms with E-state index < -0.39 is 5.97 Å². The summed E-state index contributed by atoms with van der Waals surface area (Å²) in [6.07, 6.45) is 0. The Balaban J connectivity index is 1.05. The summed E-state index contributed by atoms with van der Waals surface area (Å²) in [5.41, 5.74) is 2.47. The molecule has 0 aliphatic heterocycles. The number of nitrogens with zero attached hydrogens (tertiary/aromatic N) is 3. The van der Waals surface area contributed by atoms with Gasteiger partial charge in [-0.15, -0.1) is 22.7 Å². The van der Waals surface area contributed by atoms with Crippen molar-refractivity contribution in [1.82, 2.24) is 9.97 Å². The van der Waals surface area contributed by atoms with Gasteiger partial charge < -0.3 is 19.0 Å². The summed E-state index contributed by atoms with van der Waals surface area (Å²) in [5.74, 6) is 0.968. The number of aromatic nitrogens is 2. The molecular weight excluding hydrogens is 558 g/mol. The summed E-state index contributed by atoms with van der Waals surface area (Å²) >= 11 is 3.19. The number of carbonyl (C=O) groups excluding carboxylic acids is 1. The number of rotatable bonds is 10. The Kier molecular flexibility index (Phi) is 7.83. The number of para-hydroxylation sites is 2. The van der Waals surface area contributed by atoms with Crippen LogP contribution in [-0.4, -0.2) is 28.8 Å². The van der Waals surface area contributed by atoms with Crippen LogP contribution < -0.4 is 14.2 Å². The molecule has 8 nitrogen and oxygen atoms in total. The highest BCUT2D eigenvalue weighted by atomic mass is 32.1. The van der Waals surface area contributed by atoms with Crippen molar-refractivity contribution in [3.8, 4) is 17.2 Å². The van der Waals surface area contributed by atoms with Crippen LogP contribution in [0, 0.1) is 0 Å². The third kappa shape index (κ3) is 6.34. The summed E-state index contributed by atoms with van der Waals surface area (Å²) in [5, 5.41) is 5.67. The second-order valence-corrected chi connectivity index (χ2v) is 11.0. The summed E-state index contributed by atoms with van der Waals surface area (Å²) in [6.45, 7) is 0.698. The van der Waals surface area contributed by atoms with Crippen LogP contribution in [0.15, 0.2) is 102 Å². The SMILES string of the molecule is CON=C(C(=O)Oc1ccc(OCc2nc3ccccc3s2)cc1)c1ccc(OCc2nc3ccccc3s2)cc1. The lowest BCUT2D eigenvalue weighted by Crippen LogP contribution is -2.22. The smallest absolute Gasteiger partial charge is 0.366 e. The summed E-state index contributed by atoms with van der Waals surface area (Å²) < 4.78 is 19.5. The monoisotopic (exact) mass is 581 g/mol. The number of benzene rings is 4. The van der Waals surface area contributed by atoms with Gasteiger partial charge in [-0.1, -0.05) is 29.4 Å². The van der Waals surface area contributed by atoms with Crippen molar-refractivity contribution in [3.05, 3.63) is 113 Å². The van der Waals surface area contributed by atoms with Crippen molar-refractivity contribution in [2.45, 2.75) is 13.2 Å². The molecule has 0 N–H and O–H groups in total. The molecule has 2 aromatic heterocycles. The molecule has 204 valence electrons. The minimum atomic E-state index is -0.655. The number of hydrogen-bond acceptors (Lipinski definition) is 10. The molecule has 0 amide bonds. The van der Waals surface area contributed by atoms with Gasteiger partial charge in [-0.3, -0.25) is 0 Å². The maximum atomic E-state index is 13.0. The van der Waals surface area contributed by atoms with Crippen molar-refractivity contribution >= 4 is 54.8 Å². The van der Waals surface area contributed by atoms with Crippen molar-refractivity contribution in [2.24, 2.45) is 5.16 Å². The molecule has 0 spiro atoms. The van der Waals surface area contributed by atoms with Gasteiger partial charge in [0, 0.05) is 5.56 Å². The largest absolute Gasteiger partial charge is 0.486 e. The number of ether oxygens (including phenoxy) is 3. The highest BCUT2D eigenvalue weighted by Gasteiger charge is 2.18. The number of oxime groups is 1. The lowest BCUT2D eigenvalue weighted by molar-refractivity contribution is -0.127. The van der Waals surface area contributed by atoms with Crippen LogP contribution >= 0.6 is 22.7 Å². The van der Waals surface area contributed by atoms with Crippen LogP contribution in [0.1, 0.15) is 15.6 Å². The molecule has 41 heavy (non-hydrogen) atoms. The van der Waals surface area contributed by atoms with E-state index in [9.17, 15) is 4.79 Å². The molecule has 0 unspecified atom stereocenters. The average Bonchev–Trinajstić information content (AvgIpc) is 3.62. The Morgan fingerprint density at radius 3 is 1.68 bits per heavy atom. The molecule has 0 aliphatic rings. The zero-order valence-electron chi connectivity index (χ0n) is 21.9. The fraction of sp³-hybridized carbons (Fsp3) is 0.0968. The van der Waals surface area contributed by atoms with E-state index in [1.54, 1.807) is 71.2 Å². The number of esters is 1. The normalized spacial score (nSPS) is 11.5. The first kappa shape index (κ1) is 26.4. The zero-order chi connectivity index (χ0) is 28.0. The minimum absolute atomic E-state index is 0.0291. The standard InChI is InChI=1S/C31H23N3O5S2/c1-36-34-30(20-10-12-21(13-11-20)37-18-28-32-24-6-2-4-8-26(24)40-28)31(35)39-23-16-14-22(15-17-23)38-19-29-33-25-7-3-5-9-27(25)41-29/h2-17H,18-19H2,1H3. The van der Waals surface area contributed by atoms with Gasteiger partial charge in [0.15, 0.2) is 5.71 Å². The molecule has 10 heteroatoms. The second-order valence-electron chi connectivity index (χ2n) is 8.74. The third-order valence-electron chi connectivity index (χ3n) is 5.94. The van der Waals surface area contributed by atoms with Gasteiger partial charge in [-0.05, 0) is 72.8 Å². The third-order valence-corrected chi connectivity index (χ3v) is 7.96. The molecule has 4 aromatic carbocycles. The van der Waals surface area contributed by atoms with Gasteiger partial charge in [0.2, 0.25) is 0 Å². The topological polar surface area (TPSA) is 92.1 Å². The molecule has 0 saturated carbocycles. The van der Waals surface area contributed by atoms with Gasteiger partial charge in [-0.25, -0.2) is 14.8 Å². The van der Waals surface area contributed by atoms with Crippen molar-refractivity contribution < 1.29 is 23.8 Å². The van der Waals surface area contributed by atoms with Gasteiger partial charge in [-0.2, -0.15) is 0 Å². The predicted molar refractivity (Wildman–Crippen MR) is 160 cm³/mol. The van der Waals surface area contributed by atoms with Crippen LogP contribution in [0.3, 0.4) is 0 Å². The summed E-state index contributed by atoms with van der Waals surface area (Å²) in [7, 11) is 1.38. The highest BCUT2D eigenvalue weighted by Crippen LogP contribution is 2.25. The Morgan fingerprint density at radius 1 is 0.683 bits per heavy atom. The van der Waals surface area contributed by atoms with E-state index >= 15 is 0 Å². The Hall–Kier alpha value is -4.80.